The van der Waals surface area contributed by atoms with Gasteiger partial charge in [0.25, 0.3) is 0 Å². The smallest absolute Gasteiger partial charge is 0.351 e. The van der Waals surface area contributed by atoms with Gasteiger partial charge in [0.1, 0.15) is 11.3 Å². The third kappa shape index (κ3) is 2.86. The van der Waals surface area contributed by atoms with Gasteiger partial charge in [0.05, 0.1) is 7.11 Å². The van der Waals surface area contributed by atoms with E-state index in [0.29, 0.717) is 16.9 Å². The van der Waals surface area contributed by atoms with E-state index in [0.717, 1.165) is 35.8 Å². The molecule has 0 spiro atoms. The maximum atomic E-state index is 12.2. The Morgan fingerprint density at radius 2 is 1.85 bits per heavy atom. The highest BCUT2D eigenvalue weighted by molar-refractivity contribution is 5.83. The van der Waals surface area contributed by atoms with E-state index in [1.54, 1.807) is 24.3 Å². The molecular weight excluding hydrogens is 332 g/mol. The average molecular weight is 350 g/mol. The molecule has 5 nitrogen and oxygen atoms in total. The summed E-state index contributed by atoms with van der Waals surface area (Å²) in [6.45, 7) is 0. The van der Waals surface area contributed by atoms with Crippen LogP contribution in [0, 0.1) is 0 Å². The highest BCUT2D eigenvalue weighted by atomic mass is 16.6. The van der Waals surface area contributed by atoms with Crippen molar-refractivity contribution in [1.29, 1.82) is 0 Å². The molecule has 1 heterocycles. The summed E-state index contributed by atoms with van der Waals surface area (Å²) >= 11 is 0. The van der Waals surface area contributed by atoms with E-state index in [9.17, 15) is 9.59 Å². The summed E-state index contributed by atoms with van der Waals surface area (Å²) in [5, 5.41) is 0.929. The van der Waals surface area contributed by atoms with Crippen molar-refractivity contribution < 1.29 is 18.7 Å². The van der Waals surface area contributed by atoms with E-state index in [4.69, 9.17) is 13.9 Å². The Hall–Kier alpha value is -3.08. The molecule has 1 aromatic heterocycles. The number of esters is 1. The van der Waals surface area contributed by atoms with Crippen molar-refractivity contribution in [3.8, 4) is 5.75 Å². The van der Waals surface area contributed by atoms with Crippen LogP contribution in [0.3, 0.4) is 0 Å². The Bertz CT molecular complexity index is 1020. The second-order valence-electron chi connectivity index (χ2n) is 6.29. The average Bonchev–Trinajstić information content (AvgIpc) is 3.17. The van der Waals surface area contributed by atoms with E-state index in [-0.39, 0.29) is 5.63 Å². The molecule has 132 valence electrons. The zero-order valence-corrected chi connectivity index (χ0v) is 14.4. The van der Waals surface area contributed by atoms with Crippen LogP contribution in [-0.4, -0.2) is 13.1 Å². The number of ether oxygens (including phenoxy) is 2. The summed E-state index contributed by atoms with van der Waals surface area (Å²) in [7, 11) is 1.32. The lowest BCUT2D eigenvalue weighted by molar-refractivity contribution is -0.149. The minimum absolute atomic E-state index is 0.283. The lowest BCUT2D eigenvalue weighted by atomic mass is 10.1. The first-order valence-electron chi connectivity index (χ1n) is 8.55. The van der Waals surface area contributed by atoms with Gasteiger partial charge < -0.3 is 13.9 Å². The molecule has 1 unspecified atom stereocenters. The highest BCUT2D eigenvalue weighted by Gasteiger charge is 2.24. The molecule has 0 radical (unpaired) electrons. The van der Waals surface area contributed by atoms with Gasteiger partial charge in [0.2, 0.25) is 6.10 Å². The first kappa shape index (κ1) is 16.4. The summed E-state index contributed by atoms with van der Waals surface area (Å²) in [6.07, 6.45) is 1.73. The van der Waals surface area contributed by atoms with Crippen LogP contribution in [0.2, 0.25) is 0 Å². The Labute approximate surface area is 150 Å². The molecule has 0 bridgehead atoms. The third-order valence-corrected chi connectivity index (χ3v) is 4.72. The molecule has 26 heavy (non-hydrogen) atoms. The van der Waals surface area contributed by atoms with E-state index in [2.05, 4.69) is 0 Å². The van der Waals surface area contributed by atoms with Crippen molar-refractivity contribution in [2.24, 2.45) is 0 Å². The van der Waals surface area contributed by atoms with Gasteiger partial charge in [0, 0.05) is 22.6 Å². The zero-order valence-electron chi connectivity index (χ0n) is 14.4. The van der Waals surface area contributed by atoms with Crippen LogP contribution in [0.15, 0.2) is 57.7 Å². The van der Waals surface area contributed by atoms with Gasteiger partial charge in [-0.1, -0.05) is 30.3 Å². The minimum atomic E-state index is -0.889. The number of fused-ring (bicyclic) bond motifs is 3. The quantitative estimate of drug-likeness (QED) is 0.531. The van der Waals surface area contributed by atoms with Gasteiger partial charge >= 0.3 is 11.6 Å². The number of aryl methyl sites for hydroxylation is 1. The lowest BCUT2D eigenvalue weighted by Gasteiger charge is -2.17. The molecule has 0 saturated carbocycles. The fraction of sp³-hybridized carbons (Fsp3) is 0.238. The van der Waals surface area contributed by atoms with Crippen molar-refractivity contribution >= 4 is 16.9 Å². The zero-order chi connectivity index (χ0) is 18.1. The van der Waals surface area contributed by atoms with Crippen LogP contribution in [-0.2, 0) is 22.4 Å². The van der Waals surface area contributed by atoms with Crippen LogP contribution < -0.4 is 10.4 Å². The molecule has 0 saturated heterocycles. The van der Waals surface area contributed by atoms with Crippen LogP contribution in [0.1, 0.15) is 29.2 Å². The SMILES string of the molecule is COC(=O)C(Oc1ccc2c3c(c(=O)oc2c1)CCC3)c1ccccc1. The fourth-order valence-corrected chi connectivity index (χ4v) is 3.46. The molecule has 0 N–H and O–H groups in total. The van der Waals surface area contributed by atoms with Crippen molar-refractivity contribution in [3.05, 3.63) is 75.6 Å². The predicted molar refractivity (Wildman–Crippen MR) is 96.3 cm³/mol. The van der Waals surface area contributed by atoms with Crippen LogP contribution in [0.4, 0.5) is 0 Å². The van der Waals surface area contributed by atoms with E-state index < -0.39 is 12.1 Å². The normalized spacial score (nSPS) is 14.0. The van der Waals surface area contributed by atoms with Gasteiger partial charge in [-0.3, -0.25) is 0 Å². The van der Waals surface area contributed by atoms with Gasteiger partial charge in [-0.25, -0.2) is 9.59 Å². The van der Waals surface area contributed by atoms with Crippen molar-refractivity contribution in [3.63, 3.8) is 0 Å². The molecule has 1 atom stereocenters. The summed E-state index contributed by atoms with van der Waals surface area (Å²) in [5.41, 5.74) is 2.73. The molecule has 3 aromatic rings. The maximum absolute atomic E-state index is 12.2. The van der Waals surface area contributed by atoms with Gasteiger partial charge in [0.15, 0.2) is 0 Å². The Morgan fingerprint density at radius 3 is 2.62 bits per heavy atom. The first-order chi connectivity index (χ1) is 12.7. The third-order valence-electron chi connectivity index (χ3n) is 4.72. The van der Waals surface area contributed by atoms with E-state index in [1.165, 1.54) is 7.11 Å². The fourth-order valence-electron chi connectivity index (χ4n) is 3.46. The number of carbonyl (C=O) groups excluding carboxylic acids is 1. The van der Waals surface area contributed by atoms with Crippen LogP contribution in [0.5, 0.6) is 5.75 Å². The topological polar surface area (TPSA) is 65.7 Å². The lowest BCUT2D eigenvalue weighted by Crippen LogP contribution is -2.20. The Morgan fingerprint density at radius 1 is 1.08 bits per heavy atom. The highest BCUT2D eigenvalue weighted by Crippen LogP contribution is 2.31. The first-order valence-corrected chi connectivity index (χ1v) is 8.55. The number of hydrogen-bond donors (Lipinski definition) is 0. The summed E-state index contributed by atoms with van der Waals surface area (Å²) < 4.78 is 16.2. The molecule has 4 rings (SSSR count). The molecule has 2 aromatic carbocycles. The number of benzene rings is 2. The Kier molecular flexibility index (Phi) is 4.21. The Balaban J connectivity index is 1.73. The van der Waals surface area contributed by atoms with E-state index >= 15 is 0 Å². The van der Waals surface area contributed by atoms with Gasteiger partial charge in [-0.2, -0.15) is 0 Å². The molecule has 5 heteroatoms. The van der Waals surface area contributed by atoms with Crippen molar-refractivity contribution in [2.75, 3.05) is 7.11 Å². The molecular formula is C21H18O5. The predicted octanol–water partition coefficient (Wildman–Crippen LogP) is 3.57. The standard InChI is InChI=1S/C21H18O5/c1-24-21(23)19(13-6-3-2-4-7-13)25-14-10-11-16-15-8-5-9-17(15)20(22)26-18(16)12-14/h2-4,6-7,10-12,19H,5,8-9H2,1H3. The number of carbonyl (C=O) groups is 1. The van der Waals surface area contributed by atoms with Crippen LogP contribution in [0.25, 0.3) is 11.0 Å². The van der Waals surface area contributed by atoms with Crippen LogP contribution >= 0.6 is 0 Å². The summed E-state index contributed by atoms with van der Waals surface area (Å²) in [5.74, 6) is -0.0513. The van der Waals surface area contributed by atoms with Crippen molar-refractivity contribution in [1.82, 2.24) is 0 Å². The van der Waals surface area contributed by atoms with Gasteiger partial charge in [-0.15, -0.1) is 0 Å². The summed E-state index contributed by atoms with van der Waals surface area (Å²) in [4.78, 5) is 24.3. The second kappa shape index (κ2) is 6.67. The largest absolute Gasteiger partial charge is 0.474 e. The van der Waals surface area contributed by atoms with Crippen molar-refractivity contribution in [2.45, 2.75) is 25.4 Å². The maximum Gasteiger partial charge on any atom is 0.351 e. The minimum Gasteiger partial charge on any atom is -0.474 e. The van der Waals surface area contributed by atoms with E-state index in [1.807, 2.05) is 24.3 Å². The second-order valence-corrected chi connectivity index (χ2v) is 6.29. The summed E-state index contributed by atoms with van der Waals surface area (Å²) in [6, 6.07) is 14.5. The molecule has 0 fully saturated rings. The number of hydrogen-bond acceptors (Lipinski definition) is 5. The molecule has 1 aliphatic rings. The molecule has 0 aliphatic heterocycles. The number of methoxy groups -OCH3 is 1. The van der Waals surface area contributed by atoms with Gasteiger partial charge in [-0.05, 0) is 37.0 Å². The monoisotopic (exact) mass is 350 g/mol. The molecule has 1 aliphatic carbocycles. The molecule has 0 amide bonds. The number of rotatable bonds is 4.